The summed E-state index contributed by atoms with van der Waals surface area (Å²) in [4.78, 5) is 24.7. The van der Waals surface area contributed by atoms with Gasteiger partial charge in [0.1, 0.15) is 0 Å². The second kappa shape index (κ2) is 7.65. The molecule has 0 unspecified atom stereocenters. The molecule has 0 atom stereocenters. The molecule has 1 saturated heterocycles. The molecule has 0 aromatic rings. The minimum atomic E-state index is -0.708. The van der Waals surface area contributed by atoms with Crippen LogP contribution in [0.15, 0.2) is 0 Å². The lowest BCUT2D eigenvalue weighted by atomic mass is 9.92. The smallest absolute Gasteiger partial charge is 0.303 e. The van der Waals surface area contributed by atoms with Crippen LogP contribution in [0.3, 0.4) is 0 Å². The molecule has 2 aliphatic rings. The van der Waals surface area contributed by atoms with Crippen molar-refractivity contribution in [1.82, 2.24) is 4.90 Å². The highest BCUT2D eigenvalue weighted by Crippen LogP contribution is 2.29. The third kappa shape index (κ3) is 4.80. The van der Waals surface area contributed by atoms with Gasteiger partial charge in [0, 0.05) is 25.9 Å². The topological polar surface area (TPSA) is 57.6 Å². The lowest BCUT2D eigenvalue weighted by Crippen LogP contribution is -2.38. The first-order valence-corrected chi connectivity index (χ1v) is 8.14. The average molecular weight is 281 g/mol. The van der Waals surface area contributed by atoms with Crippen LogP contribution in [-0.4, -0.2) is 35.0 Å². The number of nitrogens with zero attached hydrogens (tertiary/aromatic N) is 1. The molecular formula is C16H27NO3. The molecule has 2 rings (SSSR count). The zero-order chi connectivity index (χ0) is 14.4. The molecule has 1 amide bonds. The molecule has 1 N–H and O–H groups in total. The fraction of sp³-hybridized carbons (Fsp3) is 0.875. The molecule has 0 aromatic heterocycles. The summed E-state index contributed by atoms with van der Waals surface area (Å²) in [5.74, 6) is 0.880. The second-order valence-electron chi connectivity index (χ2n) is 6.45. The molecule has 20 heavy (non-hydrogen) atoms. The van der Waals surface area contributed by atoms with E-state index in [0.29, 0.717) is 18.2 Å². The summed E-state index contributed by atoms with van der Waals surface area (Å²) in [7, 11) is 0. The lowest BCUT2D eigenvalue weighted by molar-refractivity contribution is -0.138. The van der Waals surface area contributed by atoms with E-state index in [1.54, 1.807) is 0 Å². The molecule has 114 valence electrons. The summed E-state index contributed by atoms with van der Waals surface area (Å²) in [6.07, 6.45) is 10.1. The fourth-order valence-electron chi connectivity index (χ4n) is 3.58. The predicted octanol–water partition coefficient (Wildman–Crippen LogP) is 3.06. The molecule has 4 nitrogen and oxygen atoms in total. The van der Waals surface area contributed by atoms with Crippen LogP contribution in [0.25, 0.3) is 0 Å². The van der Waals surface area contributed by atoms with E-state index in [-0.39, 0.29) is 6.42 Å². The van der Waals surface area contributed by atoms with E-state index >= 15 is 0 Å². The van der Waals surface area contributed by atoms with Crippen LogP contribution < -0.4 is 0 Å². The Hall–Kier alpha value is -1.06. The summed E-state index contributed by atoms with van der Waals surface area (Å²) in [5, 5.41) is 8.69. The molecule has 1 aliphatic heterocycles. The Morgan fingerprint density at radius 2 is 1.45 bits per heavy atom. The molecule has 1 aliphatic carbocycles. The van der Waals surface area contributed by atoms with Gasteiger partial charge >= 0.3 is 5.97 Å². The highest BCUT2D eigenvalue weighted by molar-refractivity contribution is 5.76. The third-order valence-corrected chi connectivity index (χ3v) is 4.97. The Kier molecular flexibility index (Phi) is 5.86. The number of rotatable bonds is 6. The monoisotopic (exact) mass is 281 g/mol. The van der Waals surface area contributed by atoms with Crippen LogP contribution in [0.1, 0.15) is 64.2 Å². The molecule has 4 heteroatoms. The maximum atomic E-state index is 12.2. The third-order valence-electron chi connectivity index (χ3n) is 4.97. The number of hydrogen-bond donors (Lipinski definition) is 1. The Morgan fingerprint density at radius 1 is 0.900 bits per heavy atom. The Labute approximate surface area is 121 Å². The van der Waals surface area contributed by atoms with Crippen LogP contribution in [0.4, 0.5) is 0 Å². The van der Waals surface area contributed by atoms with E-state index < -0.39 is 5.97 Å². The zero-order valence-electron chi connectivity index (χ0n) is 12.4. The molecule has 1 heterocycles. The van der Waals surface area contributed by atoms with E-state index in [0.717, 1.165) is 44.7 Å². The number of hydrogen-bond acceptors (Lipinski definition) is 2. The highest BCUT2D eigenvalue weighted by Gasteiger charge is 2.24. The van der Waals surface area contributed by atoms with Gasteiger partial charge in [0.05, 0.1) is 0 Å². The minimum absolute atomic E-state index is 0.264. The van der Waals surface area contributed by atoms with Crippen LogP contribution in [-0.2, 0) is 9.59 Å². The first-order valence-electron chi connectivity index (χ1n) is 8.14. The summed E-state index contributed by atoms with van der Waals surface area (Å²) < 4.78 is 0. The Morgan fingerprint density at radius 3 is 2.05 bits per heavy atom. The van der Waals surface area contributed by atoms with E-state index in [9.17, 15) is 9.59 Å². The summed E-state index contributed by atoms with van der Waals surface area (Å²) in [6, 6.07) is 0. The average Bonchev–Trinajstić information content (AvgIpc) is 2.96. The van der Waals surface area contributed by atoms with Gasteiger partial charge in [0.15, 0.2) is 0 Å². The standard InChI is InChI=1S/C16H27NO3/c18-15(7-5-13-3-1-2-4-13)17-11-9-14(10-12-17)6-8-16(19)20/h13-14H,1-12H2,(H,19,20). The summed E-state index contributed by atoms with van der Waals surface area (Å²) >= 11 is 0. The van der Waals surface area contributed by atoms with Crippen molar-refractivity contribution in [2.24, 2.45) is 11.8 Å². The molecule has 0 spiro atoms. The van der Waals surface area contributed by atoms with Crippen molar-refractivity contribution >= 4 is 11.9 Å². The van der Waals surface area contributed by atoms with Crippen molar-refractivity contribution < 1.29 is 14.7 Å². The van der Waals surface area contributed by atoms with Crippen LogP contribution in [0, 0.1) is 11.8 Å². The van der Waals surface area contributed by atoms with Gasteiger partial charge in [0.25, 0.3) is 0 Å². The van der Waals surface area contributed by atoms with Gasteiger partial charge in [-0.3, -0.25) is 9.59 Å². The molecule has 1 saturated carbocycles. The van der Waals surface area contributed by atoms with Crippen LogP contribution in [0.5, 0.6) is 0 Å². The molecule has 0 radical (unpaired) electrons. The first-order chi connectivity index (χ1) is 9.65. The normalized spacial score (nSPS) is 21.3. The van der Waals surface area contributed by atoms with E-state index in [1.807, 2.05) is 4.90 Å². The SMILES string of the molecule is O=C(O)CCC1CCN(C(=O)CCC2CCCC2)CC1. The minimum Gasteiger partial charge on any atom is -0.481 e. The Bertz CT molecular complexity index is 329. The summed E-state index contributed by atoms with van der Waals surface area (Å²) in [6.45, 7) is 1.65. The van der Waals surface area contributed by atoms with E-state index in [2.05, 4.69) is 0 Å². The number of piperidine rings is 1. The van der Waals surface area contributed by atoms with E-state index in [4.69, 9.17) is 5.11 Å². The molecular weight excluding hydrogens is 254 g/mol. The van der Waals surface area contributed by atoms with Gasteiger partial charge in [-0.05, 0) is 37.5 Å². The fourth-order valence-corrected chi connectivity index (χ4v) is 3.58. The number of likely N-dealkylation sites (tertiary alicyclic amines) is 1. The van der Waals surface area contributed by atoms with Crippen LogP contribution >= 0.6 is 0 Å². The summed E-state index contributed by atoms with van der Waals surface area (Å²) in [5.41, 5.74) is 0. The van der Waals surface area contributed by atoms with Crippen molar-refractivity contribution in [2.45, 2.75) is 64.2 Å². The van der Waals surface area contributed by atoms with Gasteiger partial charge in [-0.25, -0.2) is 0 Å². The van der Waals surface area contributed by atoms with Crippen molar-refractivity contribution in [3.8, 4) is 0 Å². The number of carbonyl (C=O) groups is 2. The number of carboxylic acid groups (broad SMARTS) is 1. The van der Waals surface area contributed by atoms with Gasteiger partial charge in [-0.1, -0.05) is 25.7 Å². The number of amides is 1. The highest BCUT2D eigenvalue weighted by atomic mass is 16.4. The van der Waals surface area contributed by atoms with Gasteiger partial charge in [-0.2, -0.15) is 0 Å². The maximum Gasteiger partial charge on any atom is 0.303 e. The van der Waals surface area contributed by atoms with Crippen molar-refractivity contribution in [3.05, 3.63) is 0 Å². The van der Waals surface area contributed by atoms with Crippen molar-refractivity contribution in [3.63, 3.8) is 0 Å². The molecule has 0 aromatic carbocycles. The van der Waals surface area contributed by atoms with Crippen LogP contribution in [0.2, 0.25) is 0 Å². The maximum absolute atomic E-state index is 12.2. The number of aliphatic carboxylic acids is 1. The molecule has 0 bridgehead atoms. The zero-order valence-corrected chi connectivity index (χ0v) is 12.4. The van der Waals surface area contributed by atoms with Gasteiger partial charge < -0.3 is 10.0 Å². The first kappa shape index (κ1) is 15.3. The number of carboxylic acids is 1. The lowest BCUT2D eigenvalue weighted by Gasteiger charge is -2.32. The predicted molar refractivity (Wildman–Crippen MR) is 77.4 cm³/mol. The van der Waals surface area contributed by atoms with Gasteiger partial charge in [-0.15, -0.1) is 0 Å². The van der Waals surface area contributed by atoms with Crippen molar-refractivity contribution in [1.29, 1.82) is 0 Å². The quantitative estimate of drug-likeness (QED) is 0.814. The molecule has 2 fully saturated rings. The Balaban J connectivity index is 1.62. The second-order valence-corrected chi connectivity index (χ2v) is 6.45. The number of carbonyl (C=O) groups excluding carboxylic acids is 1. The van der Waals surface area contributed by atoms with Gasteiger partial charge in [0.2, 0.25) is 5.91 Å². The largest absolute Gasteiger partial charge is 0.481 e. The van der Waals surface area contributed by atoms with E-state index in [1.165, 1.54) is 25.7 Å². The van der Waals surface area contributed by atoms with Crippen molar-refractivity contribution in [2.75, 3.05) is 13.1 Å².